The highest BCUT2D eigenvalue weighted by Crippen LogP contribution is 2.07. The molecule has 4 N–H and O–H groups in total. The van der Waals surface area contributed by atoms with Gasteiger partial charge in [-0.05, 0) is 36.1 Å². The van der Waals surface area contributed by atoms with Crippen LogP contribution in [0, 0.1) is 5.92 Å². The number of carbonyl (C=O) groups is 2. The number of nitrogens with two attached hydrogens (primary N) is 1. The van der Waals surface area contributed by atoms with Gasteiger partial charge in [0.1, 0.15) is 0 Å². The molecule has 1 aromatic carbocycles. The highest BCUT2D eigenvalue weighted by molar-refractivity contribution is 5.94. The van der Waals surface area contributed by atoms with Crippen LogP contribution < -0.4 is 11.1 Å². The average Bonchev–Trinajstić information content (AvgIpc) is 2.44. The van der Waals surface area contributed by atoms with Gasteiger partial charge < -0.3 is 16.2 Å². The summed E-state index contributed by atoms with van der Waals surface area (Å²) < 4.78 is 0. The second-order valence-electron chi connectivity index (χ2n) is 5.34. The Morgan fingerprint density at radius 1 is 1.29 bits per heavy atom. The molecule has 1 aromatic rings. The maximum atomic E-state index is 11.8. The lowest BCUT2D eigenvalue weighted by Crippen LogP contribution is -2.37. The van der Waals surface area contributed by atoms with Gasteiger partial charge in [-0.2, -0.15) is 0 Å². The van der Waals surface area contributed by atoms with Crippen molar-refractivity contribution in [2.75, 3.05) is 6.61 Å². The molecule has 114 valence electrons. The van der Waals surface area contributed by atoms with E-state index in [0.29, 0.717) is 11.5 Å². The Balaban J connectivity index is 2.58. The summed E-state index contributed by atoms with van der Waals surface area (Å²) in [7, 11) is 0. The Morgan fingerprint density at radius 3 is 2.38 bits per heavy atom. The summed E-state index contributed by atoms with van der Waals surface area (Å²) in [5.41, 5.74) is 6.37. The summed E-state index contributed by atoms with van der Waals surface area (Å²) in [5.74, 6) is -0.343. The summed E-state index contributed by atoms with van der Waals surface area (Å²) in [4.78, 5) is 22.7. The summed E-state index contributed by atoms with van der Waals surface area (Å²) in [6, 6.07) is 6.40. The Labute approximate surface area is 124 Å². The Morgan fingerprint density at radius 2 is 1.90 bits per heavy atom. The topological polar surface area (TPSA) is 92.4 Å². The lowest BCUT2D eigenvalue weighted by Gasteiger charge is -2.17. The van der Waals surface area contributed by atoms with Crippen LogP contribution in [0.5, 0.6) is 0 Å². The van der Waals surface area contributed by atoms with Crippen LogP contribution in [0.2, 0.25) is 0 Å². The fourth-order valence-electron chi connectivity index (χ4n) is 1.93. The van der Waals surface area contributed by atoms with Crippen LogP contribution in [0.15, 0.2) is 30.3 Å². The number of hydrogen-bond acceptors (Lipinski definition) is 3. The molecule has 0 radical (unpaired) electrons. The van der Waals surface area contributed by atoms with Crippen molar-refractivity contribution in [2.45, 2.75) is 26.3 Å². The minimum Gasteiger partial charge on any atom is -0.394 e. The maximum absolute atomic E-state index is 11.8. The van der Waals surface area contributed by atoms with Crippen LogP contribution in [0.3, 0.4) is 0 Å². The standard InChI is InChI=1S/C16H22N2O3/c1-11(2)9-14(10-19)18-15(20)8-5-12-3-6-13(7-4-12)16(17)21/h3-8,11,14,19H,9-10H2,1-2H3,(H2,17,21)(H,18,20). The van der Waals surface area contributed by atoms with Gasteiger partial charge in [-0.3, -0.25) is 9.59 Å². The van der Waals surface area contributed by atoms with E-state index in [-0.39, 0.29) is 18.6 Å². The van der Waals surface area contributed by atoms with E-state index in [1.54, 1.807) is 30.3 Å². The summed E-state index contributed by atoms with van der Waals surface area (Å²) in [6.07, 6.45) is 3.77. The lowest BCUT2D eigenvalue weighted by atomic mass is 10.0. The van der Waals surface area contributed by atoms with Crippen molar-refractivity contribution < 1.29 is 14.7 Å². The van der Waals surface area contributed by atoms with E-state index in [1.165, 1.54) is 6.08 Å². The minimum absolute atomic E-state index is 0.0783. The van der Waals surface area contributed by atoms with Crippen molar-refractivity contribution in [2.24, 2.45) is 11.7 Å². The van der Waals surface area contributed by atoms with Crippen LogP contribution >= 0.6 is 0 Å². The van der Waals surface area contributed by atoms with Gasteiger partial charge in [0.25, 0.3) is 0 Å². The van der Waals surface area contributed by atoms with E-state index in [0.717, 1.165) is 12.0 Å². The Hall–Kier alpha value is -2.14. The first-order valence-corrected chi connectivity index (χ1v) is 6.91. The fourth-order valence-corrected chi connectivity index (χ4v) is 1.93. The number of rotatable bonds is 7. The second kappa shape index (κ2) is 8.21. The van der Waals surface area contributed by atoms with Crippen molar-refractivity contribution >= 4 is 17.9 Å². The van der Waals surface area contributed by atoms with Gasteiger partial charge in [0, 0.05) is 11.6 Å². The first kappa shape index (κ1) is 16.9. The Kier molecular flexibility index (Phi) is 6.62. The zero-order valence-electron chi connectivity index (χ0n) is 12.4. The van der Waals surface area contributed by atoms with Crippen molar-refractivity contribution in [1.29, 1.82) is 0 Å². The lowest BCUT2D eigenvalue weighted by molar-refractivity contribution is -0.117. The van der Waals surface area contributed by atoms with Crippen LogP contribution in [-0.2, 0) is 4.79 Å². The normalized spacial score (nSPS) is 12.6. The number of hydrogen-bond donors (Lipinski definition) is 3. The summed E-state index contributed by atoms with van der Waals surface area (Å²) in [5, 5.41) is 12.0. The third-order valence-corrected chi connectivity index (χ3v) is 2.95. The van der Waals surface area contributed by atoms with Gasteiger partial charge in [0.2, 0.25) is 11.8 Å². The van der Waals surface area contributed by atoms with Crippen molar-refractivity contribution in [1.82, 2.24) is 5.32 Å². The number of benzene rings is 1. The third kappa shape index (κ3) is 6.23. The van der Waals surface area contributed by atoms with Crippen molar-refractivity contribution in [3.8, 4) is 0 Å². The van der Waals surface area contributed by atoms with Crippen LogP contribution in [0.25, 0.3) is 6.08 Å². The predicted molar refractivity (Wildman–Crippen MR) is 82.5 cm³/mol. The average molecular weight is 290 g/mol. The minimum atomic E-state index is -0.484. The largest absolute Gasteiger partial charge is 0.394 e. The molecule has 0 fully saturated rings. The molecule has 0 aromatic heterocycles. The molecule has 21 heavy (non-hydrogen) atoms. The smallest absolute Gasteiger partial charge is 0.248 e. The quantitative estimate of drug-likeness (QED) is 0.661. The highest BCUT2D eigenvalue weighted by Gasteiger charge is 2.11. The zero-order chi connectivity index (χ0) is 15.8. The van der Waals surface area contributed by atoms with Crippen molar-refractivity contribution in [3.05, 3.63) is 41.5 Å². The number of nitrogens with one attached hydrogen (secondary N) is 1. The molecule has 0 spiro atoms. The molecule has 2 amide bonds. The first-order chi connectivity index (χ1) is 9.92. The van der Waals surface area contributed by atoms with Gasteiger partial charge in [-0.25, -0.2) is 0 Å². The van der Waals surface area contributed by atoms with E-state index in [2.05, 4.69) is 5.32 Å². The zero-order valence-corrected chi connectivity index (χ0v) is 12.4. The number of primary amides is 1. The van der Waals surface area contributed by atoms with Gasteiger partial charge in [-0.15, -0.1) is 0 Å². The number of amides is 2. The second-order valence-corrected chi connectivity index (χ2v) is 5.34. The predicted octanol–water partition coefficient (Wildman–Crippen LogP) is 1.32. The first-order valence-electron chi connectivity index (χ1n) is 6.91. The molecular formula is C16H22N2O3. The van der Waals surface area contributed by atoms with Crippen LogP contribution in [0.4, 0.5) is 0 Å². The molecule has 1 atom stereocenters. The molecule has 0 aliphatic carbocycles. The van der Waals surface area contributed by atoms with Gasteiger partial charge >= 0.3 is 0 Å². The molecule has 5 heteroatoms. The van der Waals surface area contributed by atoms with E-state index in [9.17, 15) is 14.7 Å². The number of aliphatic hydroxyl groups is 1. The van der Waals surface area contributed by atoms with E-state index >= 15 is 0 Å². The van der Waals surface area contributed by atoms with Crippen LogP contribution in [0.1, 0.15) is 36.2 Å². The fraction of sp³-hybridized carbons (Fsp3) is 0.375. The molecular weight excluding hydrogens is 268 g/mol. The van der Waals surface area contributed by atoms with Gasteiger partial charge in [0.05, 0.1) is 12.6 Å². The molecule has 0 aliphatic heterocycles. The summed E-state index contributed by atoms with van der Waals surface area (Å²) in [6.45, 7) is 3.99. The third-order valence-electron chi connectivity index (χ3n) is 2.95. The SMILES string of the molecule is CC(C)CC(CO)NC(=O)C=Cc1ccc(C(N)=O)cc1. The molecule has 1 rings (SSSR count). The van der Waals surface area contributed by atoms with E-state index in [1.807, 2.05) is 13.8 Å². The van der Waals surface area contributed by atoms with Gasteiger partial charge in [0.15, 0.2) is 0 Å². The monoisotopic (exact) mass is 290 g/mol. The maximum Gasteiger partial charge on any atom is 0.248 e. The van der Waals surface area contributed by atoms with Gasteiger partial charge in [-0.1, -0.05) is 26.0 Å². The van der Waals surface area contributed by atoms with Crippen LogP contribution in [-0.4, -0.2) is 29.6 Å². The molecule has 1 unspecified atom stereocenters. The summed E-state index contributed by atoms with van der Waals surface area (Å²) >= 11 is 0. The molecule has 0 heterocycles. The number of carbonyl (C=O) groups excluding carboxylic acids is 2. The molecule has 0 saturated heterocycles. The molecule has 0 aliphatic rings. The van der Waals surface area contributed by atoms with Crippen molar-refractivity contribution in [3.63, 3.8) is 0 Å². The van der Waals surface area contributed by atoms with E-state index < -0.39 is 5.91 Å². The molecule has 0 bridgehead atoms. The Bertz CT molecular complexity index is 507. The highest BCUT2D eigenvalue weighted by atomic mass is 16.3. The molecule has 5 nitrogen and oxygen atoms in total. The van der Waals surface area contributed by atoms with E-state index in [4.69, 9.17) is 5.73 Å². The number of aliphatic hydroxyl groups excluding tert-OH is 1. The molecule has 0 saturated carbocycles.